The molecule has 3 heterocycles. The van der Waals surface area contributed by atoms with Crippen LogP contribution in [0.3, 0.4) is 0 Å². The van der Waals surface area contributed by atoms with Crippen molar-refractivity contribution in [1.29, 1.82) is 0 Å². The number of aromatic nitrogens is 4. The monoisotopic (exact) mass is 413 g/mol. The Hall–Kier alpha value is -4.00. The molecule has 154 valence electrons. The van der Waals surface area contributed by atoms with Crippen molar-refractivity contribution in [2.45, 2.75) is 13.8 Å². The van der Waals surface area contributed by atoms with Crippen LogP contribution in [0.25, 0.3) is 44.9 Å². The number of rotatable bonds is 3. The molecule has 31 heavy (non-hydrogen) atoms. The number of hydrogen-bond acceptors (Lipinski definition) is 5. The standard InChI is InChI=1S/C24H20FN5O/c1-13-20(16-6-4-15(5-7-16)19-12-27-14(2)31-19)22-21(23(26)28-13)29-24(30(22)3)17-8-10-18(25)11-9-17/h4-12H,1-3H3,(H2,26,28). The second kappa shape index (κ2) is 7.05. The van der Waals surface area contributed by atoms with Gasteiger partial charge in [0.25, 0.3) is 0 Å². The summed E-state index contributed by atoms with van der Waals surface area (Å²) in [7, 11) is 1.93. The smallest absolute Gasteiger partial charge is 0.191 e. The molecule has 0 fully saturated rings. The number of fused-ring (bicyclic) bond motifs is 1. The van der Waals surface area contributed by atoms with Gasteiger partial charge < -0.3 is 14.7 Å². The highest BCUT2D eigenvalue weighted by Crippen LogP contribution is 2.36. The number of oxazole rings is 1. The van der Waals surface area contributed by atoms with Gasteiger partial charge in [0, 0.05) is 36.4 Å². The van der Waals surface area contributed by atoms with E-state index in [2.05, 4.69) is 9.97 Å². The third kappa shape index (κ3) is 3.15. The molecule has 0 aliphatic rings. The molecule has 0 aliphatic carbocycles. The van der Waals surface area contributed by atoms with Gasteiger partial charge in [-0.25, -0.2) is 19.3 Å². The summed E-state index contributed by atoms with van der Waals surface area (Å²) in [5.74, 6) is 2.13. The van der Waals surface area contributed by atoms with Crippen molar-refractivity contribution in [3.05, 3.63) is 72.1 Å². The van der Waals surface area contributed by atoms with E-state index in [0.717, 1.165) is 39.2 Å². The molecule has 3 aromatic heterocycles. The Bertz CT molecular complexity index is 1420. The third-order valence-electron chi connectivity index (χ3n) is 5.41. The summed E-state index contributed by atoms with van der Waals surface area (Å²) in [5, 5.41) is 0. The topological polar surface area (TPSA) is 82.8 Å². The fourth-order valence-corrected chi connectivity index (χ4v) is 3.92. The van der Waals surface area contributed by atoms with Crippen LogP contribution in [-0.2, 0) is 7.05 Å². The van der Waals surface area contributed by atoms with Crippen molar-refractivity contribution in [2.75, 3.05) is 5.73 Å². The van der Waals surface area contributed by atoms with Gasteiger partial charge in [0.1, 0.15) is 17.2 Å². The predicted molar refractivity (Wildman–Crippen MR) is 119 cm³/mol. The van der Waals surface area contributed by atoms with Crippen LogP contribution < -0.4 is 5.73 Å². The van der Waals surface area contributed by atoms with Crippen LogP contribution in [0.1, 0.15) is 11.6 Å². The minimum atomic E-state index is -0.290. The molecule has 0 saturated carbocycles. The number of nitrogens with zero attached hydrogens (tertiary/aromatic N) is 4. The first kappa shape index (κ1) is 19.0. The number of nitrogens with two attached hydrogens (primary N) is 1. The van der Waals surface area contributed by atoms with E-state index >= 15 is 0 Å². The zero-order chi connectivity index (χ0) is 21.7. The number of imidazole rings is 1. The van der Waals surface area contributed by atoms with Crippen LogP contribution in [0.2, 0.25) is 0 Å². The second-order valence-electron chi connectivity index (χ2n) is 7.48. The Labute approximate surface area is 178 Å². The fourth-order valence-electron chi connectivity index (χ4n) is 3.92. The first-order valence-corrected chi connectivity index (χ1v) is 9.84. The lowest BCUT2D eigenvalue weighted by molar-refractivity contribution is 0.534. The number of aryl methyl sites for hydroxylation is 3. The highest BCUT2D eigenvalue weighted by Gasteiger charge is 2.20. The SMILES string of the molecule is Cc1ncc(-c2ccc(-c3c(C)nc(N)c4nc(-c5ccc(F)cc5)n(C)c34)cc2)o1. The zero-order valence-corrected chi connectivity index (χ0v) is 17.3. The number of pyridine rings is 1. The molecule has 0 saturated heterocycles. The van der Waals surface area contributed by atoms with Crippen molar-refractivity contribution in [1.82, 2.24) is 19.5 Å². The van der Waals surface area contributed by atoms with E-state index < -0.39 is 0 Å². The van der Waals surface area contributed by atoms with Crippen molar-refractivity contribution in [2.24, 2.45) is 7.05 Å². The quantitative estimate of drug-likeness (QED) is 0.434. The molecular weight excluding hydrogens is 393 g/mol. The number of hydrogen-bond donors (Lipinski definition) is 1. The molecule has 0 amide bonds. The molecule has 2 aromatic carbocycles. The molecule has 0 radical (unpaired) electrons. The highest BCUT2D eigenvalue weighted by molar-refractivity contribution is 6.00. The summed E-state index contributed by atoms with van der Waals surface area (Å²) in [6.45, 7) is 3.75. The Morgan fingerprint density at radius 1 is 0.903 bits per heavy atom. The molecule has 0 unspecified atom stereocenters. The van der Waals surface area contributed by atoms with E-state index in [1.807, 2.05) is 49.7 Å². The molecular formula is C24H20FN5O. The zero-order valence-electron chi connectivity index (χ0n) is 17.3. The number of anilines is 1. The van der Waals surface area contributed by atoms with E-state index in [0.29, 0.717) is 23.0 Å². The van der Waals surface area contributed by atoms with Crippen LogP contribution in [0.15, 0.2) is 59.1 Å². The van der Waals surface area contributed by atoms with E-state index in [9.17, 15) is 4.39 Å². The fraction of sp³-hybridized carbons (Fsp3) is 0.125. The van der Waals surface area contributed by atoms with Crippen molar-refractivity contribution in [3.63, 3.8) is 0 Å². The van der Waals surface area contributed by atoms with Gasteiger partial charge in [-0.15, -0.1) is 0 Å². The van der Waals surface area contributed by atoms with Crippen LogP contribution in [0.4, 0.5) is 10.2 Å². The molecule has 0 spiro atoms. The number of halogens is 1. The lowest BCUT2D eigenvalue weighted by atomic mass is 10.0. The van der Waals surface area contributed by atoms with Crippen LogP contribution in [0, 0.1) is 19.7 Å². The van der Waals surface area contributed by atoms with Crippen molar-refractivity contribution < 1.29 is 8.81 Å². The molecule has 0 aliphatic heterocycles. The first-order valence-electron chi connectivity index (χ1n) is 9.84. The second-order valence-corrected chi connectivity index (χ2v) is 7.48. The lowest BCUT2D eigenvalue weighted by Gasteiger charge is -2.11. The van der Waals surface area contributed by atoms with Crippen LogP contribution in [-0.4, -0.2) is 19.5 Å². The predicted octanol–water partition coefficient (Wildman–Crippen LogP) is 5.30. The summed E-state index contributed by atoms with van der Waals surface area (Å²) < 4.78 is 21.0. The summed E-state index contributed by atoms with van der Waals surface area (Å²) in [5.41, 5.74) is 12.2. The van der Waals surface area contributed by atoms with Crippen molar-refractivity contribution in [3.8, 4) is 33.8 Å². The lowest BCUT2D eigenvalue weighted by Crippen LogP contribution is -2.00. The Kier molecular flexibility index (Phi) is 4.32. The highest BCUT2D eigenvalue weighted by atomic mass is 19.1. The van der Waals surface area contributed by atoms with E-state index in [4.69, 9.17) is 15.1 Å². The third-order valence-corrected chi connectivity index (χ3v) is 5.41. The van der Waals surface area contributed by atoms with Crippen LogP contribution >= 0.6 is 0 Å². The molecule has 5 rings (SSSR count). The van der Waals surface area contributed by atoms with Gasteiger partial charge >= 0.3 is 0 Å². The Morgan fingerprint density at radius 3 is 2.19 bits per heavy atom. The van der Waals surface area contributed by atoms with Crippen molar-refractivity contribution >= 4 is 16.9 Å². The van der Waals surface area contributed by atoms with Gasteiger partial charge in [-0.1, -0.05) is 24.3 Å². The normalized spacial score (nSPS) is 11.4. The minimum absolute atomic E-state index is 0.290. The molecule has 0 bridgehead atoms. The summed E-state index contributed by atoms with van der Waals surface area (Å²) in [6.07, 6.45) is 1.72. The minimum Gasteiger partial charge on any atom is -0.441 e. The molecule has 6 nitrogen and oxygen atoms in total. The first-order chi connectivity index (χ1) is 14.9. The van der Waals surface area contributed by atoms with E-state index in [-0.39, 0.29) is 5.82 Å². The maximum Gasteiger partial charge on any atom is 0.191 e. The Morgan fingerprint density at radius 2 is 1.55 bits per heavy atom. The summed E-state index contributed by atoms with van der Waals surface area (Å²) in [6, 6.07) is 14.3. The van der Waals surface area contributed by atoms with Gasteiger partial charge in [0.05, 0.1) is 11.7 Å². The van der Waals surface area contributed by atoms with E-state index in [1.54, 1.807) is 18.3 Å². The number of benzene rings is 2. The van der Waals surface area contributed by atoms with E-state index in [1.165, 1.54) is 12.1 Å². The largest absolute Gasteiger partial charge is 0.441 e. The summed E-state index contributed by atoms with van der Waals surface area (Å²) in [4.78, 5) is 13.4. The molecule has 5 aromatic rings. The molecule has 0 atom stereocenters. The maximum absolute atomic E-state index is 13.4. The molecule has 7 heteroatoms. The van der Waals surface area contributed by atoms with Gasteiger partial charge in [0.2, 0.25) is 0 Å². The number of nitrogen functional groups attached to an aromatic ring is 1. The van der Waals surface area contributed by atoms with Crippen LogP contribution in [0.5, 0.6) is 0 Å². The van der Waals surface area contributed by atoms with Gasteiger partial charge in [-0.05, 0) is 36.8 Å². The maximum atomic E-state index is 13.4. The van der Waals surface area contributed by atoms with Gasteiger partial charge in [-0.3, -0.25) is 0 Å². The Balaban J connectivity index is 1.69. The average Bonchev–Trinajstić information content (AvgIpc) is 3.34. The summed E-state index contributed by atoms with van der Waals surface area (Å²) >= 11 is 0. The van der Waals surface area contributed by atoms with Gasteiger partial charge in [-0.2, -0.15) is 0 Å². The van der Waals surface area contributed by atoms with Gasteiger partial charge in [0.15, 0.2) is 17.5 Å². The average molecular weight is 413 g/mol. The molecule has 2 N–H and O–H groups in total.